The molecule has 3 heterocycles. The summed E-state index contributed by atoms with van der Waals surface area (Å²) in [5, 5.41) is 2.95. The molecule has 1 N–H and O–H groups in total. The topological polar surface area (TPSA) is 120 Å². The largest absolute Gasteiger partial charge is 0.497 e. The second-order valence-electron chi connectivity index (χ2n) is 14.5. The zero-order valence-electron chi connectivity index (χ0n) is 27.7. The third-order valence-corrected chi connectivity index (χ3v) is 11.4. The standard InChI is InChI=1S/C35H46F2N4O6/c1-21-26(20-42)41-19-27(21)46-30-28(38-24-13-12-23(45-4)18-25(24)39-30)35(36,37)17-6-5-10-22-11-9-16-34(22,3)47-32(44)40-29(31(41)43)33(2)14-7-8-15-33/h12-13,18,20-22,26-27,29H,5-11,14-17,19H2,1-4H3,(H,40,44)/t21-,22+,26+,27-,29+,34+/m0/s1. The van der Waals surface area contributed by atoms with Gasteiger partial charge in [0.25, 0.3) is 5.92 Å². The number of amides is 2. The Morgan fingerprint density at radius 3 is 2.45 bits per heavy atom. The Morgan fingerprint density at radius 1 is 1.00 bits per heavy atom. The fourth-order valence-corrected chi connectivity index (χ4v) is 8.35. The maximum absolute atomic E-state index is 16.1. The van der Waals surface area contributed by atoms with Crippen molar-refractivity contribution in [1.82, 2.24) is 20.2 Å². The van der Waals surface area contributed by atoms with Crippen molar-refractivity contribution < 1.29 is 37.4 Å². The molecule has 2 aromatic rings. The SMILES string of the molecule is COc1ccc2nc3c(nc2c1)O[C@H]1CN(C(=O)[C@H](C2(C)CCCC2)NC(=O)O[C@]2(C)CCC[C@H]2CCCCC3(F)F)[C@H](C=O)[C@@H]1C. The van der Waals surface area contributed by atoms with Gasteiger partial charge in [0.05, 0.1) is 30.7 Å². The van der Waals surface area contributed by atoms with E-state index in [9.17, 15) is 14.4 Å². The molecule has 0 unspecified atom stereocenters. The molecule has 2 aliphatic carbocycles. The van der Waals surface area contributed by atoms with Crippen molar-refractivity contribution in [3.63, 3.8) is 0 Å². The Labute approximate surface area is 274 Å². The lowest BCUT2D eigenvalue weighted by Crippen LogP contribution is -2.58. The second-order valence-corrected chi connectivity index (χ2v) is 14.5. The van der Waals surface area contributed by atoms with E-state index in [-0.39, 0.29) is 30.3 Å². The number of carbonyl (C=O) groups is 3. The van der Waals surface area contributed by atoms with Gasteiger partial charge in [-0.25, -0.2) is 14.8 Å². The van der Waals surface area contributed by atoms with Crippen LogP contribution in [0.25, 0.3) is 11.0 Å². The highest BCUT2D eigenvalue weighted by atomic mass is 19.3. The van der Waals surface area contributed by atoms with E-state index in [0.29, 0.717) is 36.8 Å². The Bertz CT molecular complexity index is 1520. The maximum atomic E-state index is 16.1. The number of hydrogen-bond acceptors (Lipinski definition) is 8. The molecule has 10 nitrogen and oxygen atoms in total. The number of aromatic nitrogens is 2. The molecule has 2 saturated carbocycles. The van der Waals surface area contributed by atoms with Gasteiger partial charge in [-0.3, -0.25) is 4.79 Å². The maximum Gasteiger partial charge on any atom is 0.408 e. The summed E-state index contributed by atoms with van der Waals surface area (Å²) in [5.74, 6) is -4.15. The van der Waals surface area contributed by atoms with E-state index in [1.165, 1.54) is 12.0 Å². The summed E-state index contributed by atoms with van der Waals surface area (Å²) in [7, 11) is 1.50. The lowest BCUT2D eigenvalue weighted by atomic mass is 9.79. The number of nitrogens with one attached hydrogen (secondary N) is 1. The number of halogens is 2. The van der Waals surface area contributed by atoms with Gasteiger partial charge in [-0.1, -0.05) is 33.1 Å². The number of alkyl halides is 2. The van der Waals surface area contributed by atoms with E-state index in [1.807, 2.05) is 13.8 Å². The molecule has 2 aliphatic heterocycles. The molecule has 6 rings (SSSR count). The predicted molar refractivity (Wildman–Crippen MR) is 169 cm³/mol. The molecule has 3 fully saturated rings. The van der Waals surface area contributed by atoms with Gasteiger partial charge in [-0.05, 0) is 75.3 Å². The molecule has 2 amide bonds. The van der Waals surface area contributed by atoms with Crippen LogP contribution in [0.1, 0.15) is 97.1 Å². The predicted octanol–water partition coefficient (Wildman–Crippen LogP) is 6.33. The summed E-state index contributed by atoms with van der Waals surface area (Å²) >= 11 is 0. The summed E-state index contributed by atoms with van der Waals surface area (Å²) in [6.07, 6.45) is 5.74. The number of nitrogens with zero attached hydrogens (tertiary/aromatic N) is 3. The molecule has 47 heavy (non-hydrogen) atoms. The van der Waals surface area contributed by atoms with E-state index in [0.717, 1.165) is 38.5 Å². The molecule has 0 spiro atoms. The number of ether oxygens (including phenoxy) is 3. The summed E-state index contributed by atoms with van der Waals surface area (Å²) in [5.41, 5.74) is -1.27. The first-order chi connectivity index (χ1) is 22.4. The lowest BCUT2D eigenvalue weighted by Gasteiger charge is -2.38. The Morgan fingerprint density at radius 2 is 1.72 bits per heavy atom. The van der Waals surface area contributed by atoms with Crippen LogP contribution in [0.5, 0.6) is 11.6 Å². The molecular weight excluding hydrogens is 610 g/mol. The molecule has 256 valence electrons. The number of alkyl carbamates (subject to hydrolysis) is 1. The van der Waals surface area contributed by atoms with Crippen molar-refractivity contribution in [2.45, 2.75) is 121 Å². The Kier molecular flexibility index (Phi) is 9.08. The fraction of sp³-hybridized carbons (Fsp3) is 0.686. The van der Waals surface area contributed by atoms with Gasteiger partial charge in [-0.15, -0.1) is 0 Å². The third kappa shape index (κ3) is 6.36. The number of hydrogen-bond donors (Lipinski definition) is 1. The number of methoxy groups -OCH3 is 1. The van der Waals surface area contributed by atoms with Crippen LogP contribution in [0.2, 0.25) is 0 Å². The van der Waals surface area contributed by atoms with Gasteiger partial charge in [0.1, 0.15) is 29.8 Å². The van der Waals surface area contributed by atoms with E-state index in [4.69, 9.17) is 14.2 Å². The van der Waals surface area contributed by atoms with E-state index in [1.54, 1.807) is 25.1 Å². The van der Waals surface area contributed by atoms with Crippen molar-refractivity contribution in [3.05, 3.63) is 23.9 Å². The minimum atomic E-state index is -3.36. The van der Waals surface area contributed by atoms with Crippen LogP contribution in [0.3, 0.4) is 0 Å². The van der Waals surface area contributed by atoms with Crippen molar-refractivity contribution in [3.8, 4) is 11.6 Å². The van der Waals surface area contributed by atoms with Gasteiger partial charge < -0.3 is 29.2 Å². The Hall–Kier alpha value is -3.57. The minimum Gasteiger partial charge on any atom is -0.497 e. The number of carbonyl (C=O) groups excluding carboxylic acids is 3. The molecular formula is C35H46F2N4O6. The molecule has 4 aliphatic rings. The van der Waals surface area contributed by atoms with E-state index < -0.39 is 65.2 Å². The van der Waals surface area contributed by atoms with Crippen molar-refractivity contribution in [2.24, 2.45) is 17.3 Å². The first-order valence-electron chi connectivity index (χ1n) is 17.0. The van der Waals surface area contributed by atoms with E-state index >= 15 is 8.78 Å². The highest BCUT2D eigenvalue weighted by Crippen LogP contribution is 2.45. The molecule has 1 aromatic carbocycles. The smallest absolute Gasteiger partial charge is 0.408 e. The zero-order chi connectivity index (χ0) is 33.6. The van der Waals surface area contributed by atoms with Crippen LogP contribution in [0.4, 0.5) is 13.6 Å². The van der Waals surface area contributed by atoms with Crippen LogP contribution >= 0.6 is 0 Å². The minimum absolute atomic E-state index is 0.00550. The number of aldehydes is 1. The van der Waals surface area contributed by atoms with Gasteiger partial charge in [0.2, 0.25) is 11.8 Å². The molecule has 2 bridgehead atoms. The summed E-state index contributed by atoms with van der Waals surface area (Å²) in [6, 6.07) is 3.01. The van der Waals surface area contributed by atoms with Crippen LogP contribution in [-0.4, -0.2) is 70.6 Å². The summed E-state index contributed by atoms with van der Waals surface area (Å²) < 4.78 is 49.9. The monoisotopic (exact) mass is 656 g/mol. The van der Waals surface area contributed by atoms with Gasteiger partial charge in [0.15, 0.2) is 5.69 Å². The van der Waals surface area contributed by atoms with Gasteiger partial charge in [-0.2, -0.15) is 8.78 Å². The number of fused-ring (bicyclic) bond motifs is 5. The van der Waals surface area contributed by atoms with Gasteiger partial charge in [0, 0.05) is 18.4 Å². The molecule has 1 aromatic heterocycles. The highest BCUT2D eigenvalue weighted by Gasteiger charge is 2.51. The van der Waals surface area contributed by atoms with Gasteiger partial charge >= 0.3 is 6.09 Å². The zero-order valence-corrected chi connectivity index (χ0v) is 27.7. The van der Waals surface area contributed by atoms with Crippen LogP contribution in [0.15, 0.2) is 18.2 Å². The fourth-order valence-electron chi connectivity index (χ4n) is 8.35. The third-order valence-electron chi connectivity index (χ3n) is 11.4. The summed E-state index contributed by atoms with van der Waals surface area (Å²) in [6.45, 7) is 5.61. The van der Waals surface area contributed by atoms with Crippen molar-refractivity contribution in [1.29, 1.82) is 0 Å². The van der Waals surface area contributed by atoms with E-state index in [2.05, 4.69) is 15.3 Å². The molecule has 0 radical (unpaired) electrons. The molecule has 1 saturated heterocycles. The lowest BCUT2D eigenvalue weighted by molar-refractivity contribution is -0.140. The van der Waals surface area contributed by atoms with Crippen LogP contribution < -0.4 is 14.8 Å². The summed E-state index contributed by atoms with van der Waals surface area (Å²) in [4.78, 5) is 50.8. The number of rotatable bonds is 3. The van der Waals surface area contributed by atoms with Crippen LogP contribution in [0, 0.1) is 17.3 Å². The first-order valence-corrected chi connectivity index (χ1v) is 17.0. The average molecular weight is 657 g/mol. The average Bonchev–Trinajstić information content (AvgIpc) is 3.73. The molecule has 12 heteroatoms. The second kappa shape index (κ2) is 12.8. The number of benzene rings is 1. The molecule has 6 atom stereocenters. The normalized spacial score (nSPS) is 32.7. The van der Waals surface area contributed by atoms with Crippen LogP contribution in [-0.2, 0) is 20.2 Å². The first kappa shape index (κ1) is 33.3. The van der Waals surface area contributed by atoms with Crippen molar-refractivity contribution in [2.75, 3.05) is 13.7 Å². The van der Waals surface area contributed by atoms with Crippen molar-refractivity contribution >= 4 is 29.3 Å². The Balaban J connectivity index is 1.41. The quantitative estimate of drug-likeness (QED) is 0.381. The highest BCUT2D eigenvalue weighted by molar-refractivity contribution is 5.89.